The number of hydrazone groups is 1. The van der Waals surface area contributed by atoms with Crippen molar-refractivity contribution < 1.29 is 14.6 Å². The predicted octanol–water partition coefficient (Wildman–Crippen LogP) is 2.16. The van der Waals surface area contributed by atoms with Crippen LogP contribution in [-0.2, 0) is 11.2 Å². The van der Waals surface area contributed by atoms with Crippen molar-refractivity contribution in [1.29, 1.82) is 0 Å². The van der Waals surface area contributed by atoms with Crippen LogP contribution in [0.2, 0.25) is 0 Å². The van der Waals surface area contributed by atoms with Gasteiger partial charge in [-0.1, -0.05) is 6.07 Å². The highest BCUT2D eigenvalue weighted by Gasteiger charge is 2.03. The van der Waals surface area contributed by atoms with Gasteiger partial charge in [-0.25, -0.2) is 5.43 Å². The van der Waals surface area contributed by atoms with Crippen LogP contribution in [0.25, 0.3) is 0 Å². The van der Waals surface area contributed by atoms with Crippen LogP contribution < -0.4 is 10.2 Å². The fourth-order valence-corrected chi connectivity index (χ4v) is 2.28. The average Bonchev–Trinajstić information content (AvgIpc) is 2.92. The number of nitrogens with one attached hydrogen (secondary N) is 1. The largest absolute Gasteiger partial charge is 0.504 e. The van der Waals surface area contributed by atoms with Gasteiger partial charge in [0.15, 0.2) is 11.5 Å². The number of amides is 1. The molecule has 0 fully saturated rings. The van der Waals surface area contributed by atoms with Gasteiger partial charge in [-0.15, -0.1) is 11.3 Å². The number of thiophene rings is 1. The molecule has 0 bridgehead atoms. The van der Waals surface area contributed by atoms with E-state index in [4.69, 9.17) is 4.74 Å². The third-order valence-electron chi connectivity index (χ3n) is 2.52. The minimum Gasteiger partial charge on any atom is -0.504 e. The van der Waals surface area contributed by atoms with Crippen LogP contribution in [0.15, 0.2) is 40.8 Å². The molecule has 0 radical (unpaired) electrons. The van der Waals surface area contributed by atoms with Crippen LogP contribution >= 0.6 is 11.3 Å². The number of phenols is 1. The molecular formula is C14H14N2O3S. The molecule has 5 nitrogen and oxygen atoms in total. The van der Waals surface area contributed by atoms with Crippen molar-refractivity contribution in [2.24, 2.45) is 5.10 Å². The predicted molar refractivity (Wildman–Crippen MR) is 78.4 cm³/mol. The molecule has 1 heterocycles. The first-order chi connectivity index (χ1) is 9.69. The van der Waals surface area contributed by atoms with Crippen LogP contribution in [-0.4, -0.2) is 24.3 Å². The van der Waals surface area contributed by atoms with Gasteiger partial charge in [0.05, 0.1) is 19.7 Å². The number of carbonyl (C=O) groups is 1. The fourth-order valence-electron chi connectivity index (χ4n) is 1.58. The zero-order valence-corrected chi connectivity index (χ0v) is 11.7. The standard InChI is InChI=1S/C14H14N2O3S/c1-19-13-5-4-10(7-12(13)17)9-15-16-14(18)8-11-3-2-6-20-11/h2-7,9,17H,8H2,1H3,(H,16,18)/b15-9-. The Kier molecular flexibility index (Phi) is 4.73. The fraction of sp³-hybridized carbons (Fsp3) is 0.143. The van der Waals surface area contributed by atoms with Crippen molar-refractivity contribution >= 4 is 23.5 Å². The highest BCUT2D eigenvalue weighted by molar-refractivity contribution is 7.10. The molecule has 20 heavy (non-hydrogen) atoms. The van der Waals surface area contributed by atoms with Gasteiger partial charge < -0.3 is 9.84 Å². The number of rotatable bonds is 5. The molecule has 2 rings (SSSR count). The van der Waals surface area contributed by atoms with Gasteiger partial charge in [0, 0.05) is 4.88 Å². The molecule has 2 N–H and O–H groups in total. The first-order valence-electron chi connectivity index (χ1n) is 5.90. The maximum atomic E-state index is 11.6. The minimum atomic E-state index is -0.179. The van der Waals surface area contributed by atoms with Crippen LogP contribution in [0, 0.1) is 0 Å². The Bertz CT molecular complexity index is 609. The summed E-state index contributed by atoms with van der Waals surface area (Å²) in [6.45, 7) is 0. The number of hydrogen-bond donors (Lipinski definition) is 2. The Balaban J connectivity index is 1.89. The van der Waals surface area contributed by atoms with E-state index in [1.807, 2.05) is 17.5 Å². The molecule has 0 saturated heterocycles. The Labute approximate surface area is 120 Å². The topological polar surface area (TPSA) is 70.9 Å². The molecule has 104 valence electrons. The van der Waals surface area contributed by atoms with Gasteiger partial charge >= 0.3 is 0 Å². The first-order valence-corrected chi connectivity index (χ1v) is 6.78. The minimum absolute atomic E-state index is 0.0290. The number of ether oxygens (including phenoxy) is 1. The molecule has 1 amide bonds. The lowest BCUT2D eigenvalue weighted by atomic mass is 10.2. The van der Waals surface area contributed by atoms with E-state index in [-0.39, 0.29) is 11.7 Å². The lowest BCUT2D eigenvalue weighted by Gasteiger charge is -2.03. The average molecular weight is 290 g/mol. The van der Waals surface area contributed by atoms with E-state index in [0.29, 0.717) is 17.7 Å². The van der Waals surface area contributed by atoms with E-state index >= 15 is 0 Å². The Morgan fingerprint density at radius 2 is 2.35 bits per heavy atom. The third kappa shape index (κ3) is 3.83. The summed E-state index contributed by atoms with van der Waals surface area (Å²) in [6, 6.07) is 8.66. The molecule has 1 aromatic heterocycles. The van der Waals surface area contributed by atoms with Gasteiger partial charge in [0.25, 0.3) is 0 Å². The summed E-state index contributed by atoms with van der Waals surface area (Å²) in [5.41, 5.74) is 3.11. The molecule has 0 aliphatic rings. The number of methoxy groups -OCH3 is 1. The SMILES string of the molecule is COc1ccc(/C=N\NC(=O)Cc2cccs2)cc1O. The van der Waals surface area contributed by atoms with E-state index < -0.39 is 0 Å². The maximum Gasteiger partial charge on any atom is 0.245 e. The van der Waals surface area contributed by atoms with E-state index in [0.717, 1.165) is 4.88 Å². The molecule has 0 saturated carbocycles. The molecule has 0 aliphatic heterocycles. The van der Waals surface area contributed by atoms with Crippen molar-refractivity contribution in [3.8, 4) is 11.5 Å². The van der Waals surface area contributed by atoms with E-state index in [9.17, 15) is 9.90 Å². The van der Waals surface area contributed by atoms with Crippen molar-refractivity contribution in [1.82, 2.24) is 5.43 Å². The zero-order chi connectivity index (χ0) is 14.4. The third-order valence-corrected chi connectivity index (χ3v) is 3.40. The summed E-state index contributed by atoms with van der Waals surface area (Å²) < 4.78 is 4.94. The summed E-state index contributed by atoms with van der Waals surface area (Å²) in [5.74, 6) is 0.242. The van der Waals surface area contributed by atoms with Gasteiger partial charge in [0.2, 0.25) is 5.91 Å². The summed E-state index contributed by atoms with van der Waals surface area (Å²) in [4.78, 5) is 12.6. The van der Waals surface area contributed by atoms with E-state index in [1.54, 1.807) is 12.1 Å². The lowest BCUT2D eigenvalue weighted by Crippen LogP contribution is -2.19. The molecule has 0 unspecified atom stereocenters. The number of nitrogens with zero attached hydrogens (tertiary/aromatic N) is 1. The second-order valence-electron chi connectivity index (χ2n) is 3.98. The number of phenolic OH excluding ortho intramolecular Hbond substituents is 1. The van der Waals surface area contributed by atoms with Gasteiger partial charge in [-0.05, 0) is 35.2 Å². The number of benzene rings is 1. The van der Waals surface area contributed by atoms with Crippen molar-refractivity contribution in [2.45, 2.75) is 6.42 Å². The molecule has 1 aromatic carbocycles. The van der Waals surface area contributed by atoms with Gasteiger partial charge in [0.1, 0.15) is 0 Å². The Morgan fingerprint density at radius 3 is 3.00 bits per heavy atom. The van der Waals surface area contributed by atoms with Gasteiger partial charge in [-0.3, -0.25) is 4.79 Å². The Morgan fingerprint density at radius 1 is 1.50 bits per heavy atom. The first kappa shape index (κ1) is 14.1. The smallest absolute Gasteiger partial charge is 0.245 e. The van der Waals surface area contributed by atoms with E-state index in [2.05, 4.69) is 10.5 Å². The molecule has 0 atom stereocenters. The summed E-state index contributed by atoms with van der Waals surface area (Å²) in [6.07, 6.45) is 1.77. The summed E-state index contributed by atoms with van der Waals surface area (Å²) in [5, 5.41) is 15.4. The quantitative estimate of drug-likeness (QED) is 0.655. The second kappa shape index (κ2) is 6.72. The number of hydrogen-bond acceptors (Lipinski definition) is 5. The van der Waals surface area contributed by atoms with Gasteiger partial charge in [-0.2, -0.15) is 5.10 Å². The molecule has 6 heteroatoms. The number of carbonyl (C=O) groups excluding carboxylic acids is 1. The monoisotopic (exact) mass is 290 g/mol. The van der Waals surface area contributed by atoms with E-state index in [1.165, 1.54) is 30.7 Å². The second-order valence-corrected chi connectivity index (χ2v) is 5.01. The normalized spacial score (nSPS) is 10.7. The highest BCUT2D eigenvalue weighted by atomic mass is 32.1. The molecule has 0 aliphatic carbocycles. The Hall–Kier alpha value is -2.34. The highest BCUT2D eigenvalue weighted by Crippen LogP contribution is 2.25. The molecular weight excluding hydrogens is 276 g/mol. The lowest BCUT2D eigenvalue weighted by molar-refractivity contribution is -0.120. The number of aromatic hydroxyl groups is 1. The van der Waals surface area contributed by atoms with Crippen LogP contribution in [0.5, 0.6) is 11.5 Å². The molecule has 0 spiro atoms. The maximum absolute atomic E-state index is 11.6. The van der Waals surface area contributed by atoms with Crippen LogP contribution in [0.1, 0.15) is 10.4 Å². The summed E-state index contributed by atoms with van der Waals surface area (Å²) >= 11 is 1.53. The van der Waals surface area contributed by atoms with Crippen molar-refractivity contribution in [2.75, 3.05) is 7.11 Å². The summed E-state index contributed by atoms with van der Waals surface area (Å²) in [7, 11) is 1.48. The van der Waals surface area contributed by atoms with Crippen LogP contribution in [0.3, 0.4) is 0 Å². The van der Waals surface area contributed by atoms with Crippen molar-refractivity contribution in [3.05, 3.63) is 46.2 Å². The van der Waals surface area contributed by atoms with Crippen molar-refractivity contribution in [3.63, 3.8) is 0 Å². The molecule has 2 aromatic rings. The zero-order valence-electron chi connectivity index (χ0n) is 10.9. The van der Waals surface area contributed by atoms with Crippen LogP contribution in [0.4, 0.5) is 0 Å².